The monoisotopic (exact) mass is 130 g/mol. The molecule has 0 amide bonds. The summed E-state index contributed by atoms with van der Waals surface area (Å²) in [5.74, 6) is 0. The largest absolute Gasteiger partial charge is 1.00 e. The minimum absolute atomic E-state index is 0. The summed E-state index contributed by atoms with van der Waals surface area (Å²) in [6, 6.07) is 9.87. The van der Waals surface area contributed by atoms with E-state index in [-0.39, 0.29) is 51.4 Å². The Morgan fingerprint density at radius 2 is 1.50 bits per heavy atom. The van der Waals surface area contributed by atoms with E-state index in [0.29, 0.717) is 0 Å². The first-order valence-electron chi connectivity index (χ1n) is 2.26. The van der Waals surface area contributed by atoms with Crippen molar-refractivity contribution in [2.75, 3.05) is 0 Å². The number of hydrogen-bond acceptors (Lipinski definition) is 0. The van der Waals surface area contributed by atoms with E-state index in [1.165, 1.54) is 0 Å². The Labute approximate surface area is 92.7 Å². The molecule has 0 saturated heterocycles. The Morgan fingerprint density at radius 1 is 1.00 bits per heavy atom. The van der Waals surface area contributed by atoms with Crippen molar-refractivity contribution >= 4 is 0 Å². The van der Waals surface area contributed by atoms with Crippen LogP contribution >= 0.6 is 0 Å². The molecule has 0 unspecified atom stereocenters. The molecule has 1 aromatic rings. The Bertz CT molecular complexity index is 134. The van der Waals surface area contributed by atoms with E-state index < -0.39 is 0 Å². The molecule has 1 aromatic carbocycles. The molecule has 1 rings (SSSR count). The van der Waals surface area contributed by atoms with E-state index >= 15 is 0 Å². The van der Waals surface area contributed by atoms with E-state index in [1.54, 1.807) is 0 Å². The maximum Gasteiger partial charge on any atom is 1.00 e. The van der Waals surface area contributed by atoms with Crippen molar-refractivity contribution in [3.63, 3.8) is 0 Å². The van der Waals surface area contributed by atoms with Crippen molar-refractivity contribution in [2.24, 2.45) is 0 Å². The molecule has 0 aliphatic rings. The quantitative estimate of drug-likeness (QED) is 0.308. The second kappa shape index (κ2) is 4.59. The summed E-state index contributed by atoms with van der Waals surface area (Å²) in [5.41, 5.74) is 1.07. The van der Waals surface area contributed by atoms with Gasteiger partial charge in [-0.3, -0.25) is 0 Å². The molecule has 0 heterocycles. The SMILES string of the molecule is [CH2-]c1ccccc1.[K+]. The van der Waals surface area contributed by atoms with Crippen molar-refractivity contribution in [3.05, 3.63) is 42.8 Å². The second-order valence-electron chi connectivity index (χ2n) is 1.49. The molecule has 0 bridgehead atoms. The first kappa shape index (κ1) is 8.73. The minimum Gasteiger partial charge on any atom is -0.199 e. The van der Waals surface area contributed by atoms with Crippen LogP contribution in [-0.2, 0) is 0 Å². The third-order valence-corrected chi connectivity index (χ3v) is 0.843. The number of rotatable bonds is 0. The average molecular weight is 130 g/mol. The number of benzene rings is 1. The van der Waals surface area contributed by atoms with Gasteiger partial charge in [-0.25, -0.2) is 0 Å². The van der Waals surface area contributed by atoms with Gasteiger partial charge >= 0.3 is 51.4 Å². The van der Waals surface area contributed by atoms with Crippen LogP contribution in [0.15, 0.2) is 30.3 Å². The molecule has 0 saturated carbocycles. The van der Waals surface area contributed by atoms with Crippen LogP contribution in [0.25, 0.3) is 0 Å². The molecule has 36 valence electrons. The summed E-state index contributed by atoms with van der Waals surface area (Å²) in [6.07, 6.45) is 0. The predicted octanol–water partition coefficient (Wildman–Crippen LogP) is -1.13. The summed E-state index contributed by atoms with van der Waals surface area (Å²) >= 11 is 0. The van der Waals surface area contributed by atoms with Crippen LogP contribution in [0, 0.1) is 6.92 Å². The van der Waals surface area contributed by atoms with Crippen LogP contribution in [0.3, 0.4) is 0 Å². The van der Waals surface area contributed by atoms with Crippen molar-refractivity contribution in [2.45, 2.75) is 0 Å². The molecule has 0 N–H and O–H groups in total. The van der Waals surface area contributed by atoms with Crippen LogP contribution in [0.4, 0.5) is 0 Å². The summed E-state index contributed by atoms with van der Waals surface area (Å²) in [4.78, 5) is 0. The van der Waals surface area contributed by atoms with E-state index in [9.17, 15) is 0 Å². The first-order chi connectivity index (χ1) is 3.39. The maximum atomic E-state index is 3.72. The van der Waals surface area contributed by atoms with Gasteiger partial charge in [0.15, 0.2) is 0 Å². The molecule has 0 fully saturated rings. The van der Waals surface area contributed by atoms with Gasteiger partial charge in [-0.15, -0.1) is 12.1 Å². The van der Waals surface area contributed by atoms with Gasteiger partial charge in [0.1, 0.15) is 0 Å². The fraction of sp³-hybridized carbons (Fsp3) is 0. The fourth-order valence-electron chi connectivity index (χ4n) is 0.478. The number of hydrogen-bond donors (Lipinski definition) is 0. The van der Waals surface area contributed by atoms with E-state index in [2.05, 4.69) is 6.92 Å². The van der Waals surface area contributed by atoms with Crippen LogP contribution in [0.5, 0.6) is 0 Å². The molecule has 0 nitrogen and oxygen atoms in total. The summed E-state index contributed by atoms with van der Waals surface area (Å²) in [5, 5.41) is 0. The van der Waals surface area contributed by atoms with Gasteiger partial charge in [0, 0.05) is 0 Å². The van der Waals surface area contributed by atoms with Gasteiger partial charge in [0.2, 0.25) is 0 Å². The normalized spacial score (nSPS) is 7.50. The van der Waals surface area contributed by atoms with Crippen molar-refractivity contribution in [1.29, 1.82) is 0 Å². The third kappa shape index (κ3) is 2.90. The Balaban J connectivity index is 0.000000490. The zero-order valence-electron chi connectivity index (χ0n) is 5.09. The van der Waals surface area contributed by atoms with Crippen LogP contribution in [0.1, 0.15) is 5.56 Å². The Morgan fingerprint density at radius 3 is 1.75 bits per heavy atom. The molecule has 0 atom stereocenters. The maximum absolute atomic E-state index is 3.72. The predicted molar refractivity (Wildman–Crippen MR) is 30.9 cm³/mol. The molecular weight excluding hydrogens is 123 g/mol. The topological polar surface area (TPSA) is 0 Å². The zero-order chi connectivity index (χ0) is 5.11. The summed E-state index contributed by atoms with van der Waals surface area (Å²) in [7, 11) is 0. The van der Waals surface area contributed by atoms with Crippen molar-refractivity contribution < 1.29 is 51.4 Å². The zero-order valence-corrected chi connectivity index (χ0v) is 8.22. The van der Waals surface area contributed by atoms with Gasteiger partial charge < -0.3 is 0 Å². The molecule has 0 aliphatic heterocycles. The van der Waals surface area contributed by atoms with Crippen LogP contribution < -0.4 is 51.4 Å². The van der Waals surface area contributed by atoms with Gasteiger partial charge in [0.05, 0.1) is 0 Å². The molecular formula is C7H7K. The van der Waals surface area contributed by atoms with Crippen LogP contribution in [-0.4, -0.2) is 0 Å². The second-order valence-corrected chi connectivity index (χ2v) is 1.49. The molecule has 1 heteroatoms. The van der Waals surface area contributed by atoms with E-state index in [0.717, 1.165) is 5.56 Å². The van der Waals surface area contributed by atoms with E-state index in [1.807, 2.05) is 30.3 Å². The third-order valence-electron chi connectivity index (χ3n) is 0.843. The fourth-order valence-corrected chi connectivity index (χ4v) is 0.478. The minimum atomic E-state index is 0. The first-order valence-corrected chi connectivity index (χ1v) is 2.26. The molecule has 0 aliphatic carbocycles. The molecule has 0 spiro atoms. The average Bonchev–Trinajstić information content (AvgIpc) is 1.69. The van der Waals surface area contributed by atoms with E-state index in [4.69, 9.17) is 0 Å². The molecule has 0 aromatic heterocycles. The summed E-state index contributed by atoms with van der Waals surface area (Å²) < 4.78 is 0. The Hall–Kier alpha value is 0.726. The Kier molecular flexibility index (Phi) is 5.01. The van der Waals surface area contributed by atoms with Gasteiger partial charge in [-0.1, -0.05) is 6.07 Å². The van der Waals surface area contributed by atoms with Gasteiger partial charge in [-0.2, -0.15) is 24.6 Å². The van der Waals surface area contributed by atoms with Crippen LogP contribution in [0.2, 0.25) is 0 Å². The standard InChI is InChI=1S/C7H7.K/c1-7-5-3-2-4-6-7;/h2-6H,1H2;/q-1;+1. The molecule has 8 heavy (non-hydrogen) atoms. The smallest absolute Gasteiger partial charge is 0.199 e. The van der Waals surface area contributed by atoms with Gasteiger partial charge in [0.25, 0.3) is 0 Å². The van der Waals surface area contributed by atoms with Crippen molar-refractivity contribution in [1.82, 2.24) is 0 Å². The van der Waals surface area contributed by atoms with Crippen molar-refractivity contribution in [3.8, 4) is 0 Å². The van der Waals surface area contributed by atoms with Gasteiger partial charge in [-0.05, 0) is 0 Å². The summed E-state index contributed by atoms with van der Waals surface area (Å²) in [6.45, 7) is 3.72. The molecule has 0 radical (unpaired) electrons.